The van der Waals surface area contributed by atoms with E-state index in [4.69, 9.17) is 0 Å². The Morgan fingerprint density at radius 2 is 1.69 bits per heavy atom. The first kappa shape index (κ1) is 10.3. The van der Waals surface area contributed by atoms with Gasteiger partial charge in [0, 0.05) is 44.8 Å². The highest BCUT2D eigenvalue weighted by molar-refractivity contribution is 5.95. The van der Waals surface area contributed by atoms with Gasteiger partial charge in [0.2, 0.25) is 0 Å². The lowest BCUT2D eigenvalue weighted by molar-refractivity contribution is -0.117. The highest BCUT2D eigenvalue weighted by Gasteiger charge is 2.31. The number of hydrazine groups is 1. The van der Waals surface area contributed by atoms with Gasteiger partial charge in [0.1, 0.15) is 0 Å². The Morgan fingerprint density at radius 3 is 2.00 bits per heavy atom. The highest BCUT2D eigenvalue weighted by Crippen LogP contribution is 2.30. The van der Waals surface area contributed by atoms with Gasteiger partial charge in [-0.2, -0.15) is 0 Å². The normalized spacial score (nSPS) is 28.2. The molecule has 0 aromatic carbocycles. The minimum absolute atomic E-state index is 0.136. The number of ketones is 1. The second-order valence-corrected chi connectivity index (χ2v) is 3.92. The van der Waals surface area contributed by atoms with Crippen LogP contribution in [0.1, 0.15) is 13.8 Å². The molecule has 74 valence electrons. The molecule has 0 saturated heterocycles. The molecule has 1 aliphatic carbocycles. The first-order valence-corrected chi connectivity index (χ1v) is 4.61. The van der Waals surface area contributed by atoms with Crippen molar-refractivity contribution in [2.45, 2.75) is 13.8 Å². The smallest absolute Gasteiger partial charge is 0.160 e. The van der Waals surface area contributed by atoms with E-state index in [2.05, 4.69) is 6.92 Å². The molecule has 2 unspecified atom stereocenters. The van der Waals surface area contributed by atoms with Crippen molar-refractivity contribution < 1.29 is 4.79 Å². The van der Waals surface area contributed by atoms with Crippen molar-refractivity contribution >= 4 is 5.78 Å². The maximum atomic E-state index is 11.4. The van der Waals surface area contributed by atoms with Crippen LogP contribution in [0.2, 0.25) is 0 Å². The largest absolute Gasteiger partial charge is 0.313 e. The van der Waals surface area contributed by atoms with Crippen LogP contribution in [0.4, 0.5) is 0 Å². The maximum Gasteiger partial charge on any atom is 0.160 e. The van der Waals surface area contributed by atoms with Gasteiger partial charge in [-0.15, -0.1) is 0 Å². The average molecular weight is 182 g/mol. The molecule has 0 N–H and O–H groups in total. The second kappa shape index (κ2) is 3.50. The number of hydrogen-bond donors (Lipinski definition) is 0. The molecule has 0 saturated carbocycles. The molecule has 3 nitrogen and oxygen atoms in total. The molecule has 0 aliphatic heterocycles. The summed E-state index contributed by atoms with van der Waals surface area (Å²) in [6, 6.07) is 0. The molecule has 0 fully saturated rings. The zero-order valence-electron chi connectivity index (χ0n) is 9.03. The minimum Gasteiger partial charge on any atom is -0.313 e. The van der Waals surface area contributed by atoms with Gasteiger partial charge in [-0.25, -0.2) is 5.01 Å². The maximum absolute atomic E-state index is 11.4. The summed E-state index contributed by atoms with van der Waals surface area (Å²) >= 11 is 0. The molecule has 0 heterocycles. The van der Waals surface area contributed by atoms with Gasteiger partial charge in [0.25, 0.3) is 0 Å². The summed E-state index contributed by atoms with van der Waals surface area (Å²) in [6.07, 6.45) is 1.76. The topological polar surface area (TPSA) is 23.6 Å². The summed E-state index contributed by atoms with van der Waals surface area (Å²) in [7, 11) is 5.93. The molecule has 0 aromatic heterocycles. The van der Waals surface area contributed by atoms with Gasteiger partial charge in [0.15, 0.2) is 5.78 Å². The molecule has 13 heavy (non-hydrogen) atoms. The molecule has 3 heteroatoms. The van der Waals surface area contributed by atoms with E-state index in [1.807, 2.05) is 38.1 Å². The first-order valence-electron chi connectivity index (χ1n) is 4.61. The summed E-state index contributed by atoms with van der Waals surface area (Å²) in [5.74, 6) is 0.716. The van der Waals surface area contributed by atoms with E-state index in [0.717, 1.165) is 5.70 Å². The zero-order chi connectivity index (χ0) is 10.2. The lowest BCUT2D eigenvalue weighted by atomic mass is 9.97. The van der Waals surface area contributed by atoms with Gasteiger partial charge < -0.3 is 5.01 Å². The zero-order valence-corrected chi connectivity index (χ0v) is 9.03. The van der Waals surface area contributed by atoms with Crippen molar-refractivity contribution in [3.8, 4) is 0 Å². The van der Waals surface area contributed by atoms with Crippen LogP contribution in [0.15, 0.2) is 11.8 Å². The van der Waals surface area contributed by atoms with Crippen LogP contribution in [-0.2, 0) is 4.79 Å². The Hall–Kier alpha value is -0.830. The minimum atomic E-state index is 0.136. The van der Waals surface area contributed by atoms with Gasteiger partial charge in [0.05, 0.1) is 0 Å². The molecule has 0 radical (unpaired) electrons. The van der Waals surface area contributed by atoms with Crippen LogP contribution in [-0.4, -0.2) is 36.9 Å². The monoisotopic (exact) mass is 182 g/mol. The molecular formula is C10H18N2O. The molecule has 0 bridgehead atoms. The Kier molecular flexibility index (Phi) is 2.76. The predicted molar refractivity (Wildman–Crippen MR) is 52.9 cm³/mol. The first-order chi connectivity index (χ1) is 5.95. The summed E-state index contributed by atoms with van der Waals surface area (Å²) in [6.45, 7) is 4.08. The Bertz CT molecular complexity index is 245. The molecule has 2 atom stereocenters. The number of carbonyl (C=O) groups excluding carboxylic acids is 1. The van der Waals surface area contributed by atoms with Crippen molar-refractivity contribution in [2.24, 2.45) is 11.8 Å². The highest BCUT2D eigenvalue weighted by atomic mass is 16.1. The van der Waals surface area contributed by atoms with E-state index in [9.17, 15) is 4.79 Å². The lowest BCUT2D eigenvalue weighted by Gasteiger charge is -2.30. The molecule has 0 spiro atoms. The summed E-state index contributed by atoms with van der Waals surface area (Å²) in [4.78, 5) is 11.4. The van der Waals surface area contributed by atoms with E-state index in [1.165, 1.54) is 0 Å². The molecule has 1 aliphatic rings. The number of rotatable bonds is 2. The third-order valence-corrected chi connectivity index (χ3v) is 2.93. The molecule has 0 aromatic rings. The third kappa shape index (κ3) is 1.75. The van der Waals surface area contributed by atoms with E-state index >= 15 is 0 Å². The fraction of sp³-hybridized carbons (Fsp3) is 0.700. The van der Waals surface area contributed by atoms with Crippen LogP contribution in [0.5, 0.6) is 0 Å². The lowest BCUT2D eigenvalue weighted by Crippen LogP contribution is -2.34. The van der Waals surface area contributed by atoms with Crippen LogP contribution >= 0.6 is 0 Å². The summed E-state index contributed by atoms with van der Waals surface area (Å²) in [5.41, 5.74) is 1.11. The van der Waals surface area contributed by atoms with E-state index in [0.29, 0.717) is 5.92 Å². The molecule has 0 amide bonds. The van der Waals surface area contributed by atoms with Crippen molar-refractivity contribution in [3.05, 3.63) is 11.8 Å². The van der Waals surface area contributed by atoms with Crippen LogP contribution in [0, 0.1) is 11.8 Å². The van der Waals surface area contributed by atoms with Gasteiger partial charge >= 0.3 is 0 Å². The number of allylic oxidation sites excluding steroid dienone is 2. The standard InChI is InChI=1S/C10H18N2O/c1-7-8(2)10(13)6-9(7)12(5)11(3)4/h6-8H,1-5H3. The van der Waals surface area contributed by atoms with Crippen LogP contribution in [0.25, 0.3) is 0 Å². The van der Waals surface area contributed by atoms with Gasteiger partial charge in [-0.05, 0) is 0 Å². The number of nitrogens with zero attached hydrogens (tertiary/aromatic N) is 2. The third-order valence-electron chi connectivity index (χ3n) is 2.93. The predicted octanol–water partition coefficient (Wildman–Crippen LogP) is 1.13. The number of carbonyl (C=O) groups is 1. The molecule has 1 rings (SSSR count). The number of hydrogen-bond acceptors (Lipinski definition) is 3. The van der Waals surface area contributed by atoms with Crippen molar-refractivity contribution in [2.75, 3.05) is 21.1 Å². The van der Waals surface area contributed by atoms with Crippen LogP contribution < -0.4 is 0 Å². The van der Waals surface area contributed by atoms with Crippen molar-refractivity contribution in [1.82, 2.24) is 10.0 Å². The Labute approximate surface area is 80.0 Å². The SMILES string of the molecule is CC1C(=O)C=C(N(C)N(C)C)C1C. The second-order valence-electron chi connectivity index (χ2n) is 3.92. The summed E-state index contributed by atoms with van der Waals surface area (Å²) < 4.78 is 0. The average Bonchev–Trinajstić information content (AvgIpc) is 2.31. The molecular weight excluding hydrogens is 164 g/mol. The fourth-order valence-electron chi connectivity index (χ4n) is 1.53. The van der Waals surface area contributed by atoms with E-state index in [-0.39, 0.29) is 11.7 Å². The Morgan fingerprint density at radius 1 is 1.15 bits per heavy atom. The van der Waals surface area contributed by atoms with Crippen LogP contribution in [0.3, 0.4) is 0 Å². The van der Waals surface area contributed by atoms with Crippen molar-refractivity contribution in [3.63, 3.8) is 0 Å². The van der Waals surface area contributed by atoms with Crippen molar-refractivity contribution in [1.29, 1.82) is 0 Å². The van der Waals surface area contributed by atoms with E-state index < -0.39 is 0 Å². The summed E-state index contributed by atoms with van der Waals surface area (Å²) in [5, 5.41) is 4.00. The van der Waals surface area contributed by atoms with E-state index in [1.54, 1.807) is 6.08 Å². The van der Waals surface area contributed by atoms with Gasteiger partial charge in [-0.1, -0.05) is 13.8 Å². The fourth-order valence-corrected chi connectivity index (χ4v) is 1.53. The quantitative estimate of drug-likeness (QED) is 0.598. The van der Waals surface area contributed by atoms with Gasteiger partial charge in [-0.3, -0.25) is 4.79 Å². The Balaban J connectivity index is 2.82.